The molecule has 18 heavy (non-hydrogen) atoms. The van der Waals surface area contributed by atoms with Crippen molar-refractivity contribution in [1.29, 1.82) is 0 Å². The smallest absolute Gasteiger partial charge is 0.339 e. The van der Waals surface area contributed by atoms with Crippen molar-refractivity contribution < 1.29 is 19.0 Å². The minimum Gasteiger partial charge on any atom is -0.490 e. The van der Waals surface area contributed by atoms with Crippen LogP contribution in [0.3, 0.4) is 0 Å². The normalized spacial score (nSPS) is 17.2. The number of rotatable bonds is 3. The summed E-state index contributed by atoms with van der Waals surface area (Å²) >= 11 is 0. The predicted octanol–water partition coefficient (Wildman–Crippen LogP) is 3.63. The second kappa shape index (κ2) is 5.85. The Morgan fingerprint density at radius 2 is 1.89 bits per heavy atom. The molecule has 1 N–H and O–H groups in total. The van der Waals surface area contributed by atoms with Gasteiger partial charge in [0.15, 0.2) is 0 Å². The lowest BCUT2D eigenvalue weighted by molar-refractivity contribution is 0.0687. The Kier molecular flexibility index (Phi) is 4.18. The van der Waals surface area contributed by atoms with Gasteiger partial charge in [-0.25, -0.2) is 9.18 Å². The molecule has 3 nitrogen and oxygen atoms in total. The average Bonchev–Trinajstić information content (AvgIpc) is 2.60. The standard InChI is InChI=1S/C14H17FO3/c15-10-7-8-13(12(9-10)14(16)17)18-11-5-3-1-2-4-6-11/h7-9,11H,1-6H2,(H,16,17). The molecule has 0 aromatic heterocycles. The first-order chi connectivity index (χ1) is 8.66. The highest BCUT2D eigenvalue weighted by Gasteiger charge is 2.18. The summed E-state index contributed by atoms with van der Waals surface area (Å²) in [6.07, 6.45) is 6.55. The van der Waals surface area contributed by atoms with Crippen LogP contribution in [0.15, 0.2) is 18.2 Å². The van der Waals surface area contributed by atoms with Gasteiger partial charge >= 0.3 is 5.97 Å². The van der Waals surface area contributed by atoms with Crippen LogP contribution in [0, 0.1) is 5.82 Å². The Bertz CT molecular complexity index is 423. The van der Waals surface area contributed by atoms with Crippen molar-refractivity contribution >= 4 is 5.97 Å². The first kappa shape index (κ1) is 12.9. The minimum atomic E-state index is -1.15. The van der Waals surface area contributed by atoms with E-state index in [4.69, 9.17) is 9.84 Å². The summed E-state index contributed by atoms with van der Waals surface area (Å²) in [5.74, 6) is -1.44. The summed E-state index contributed by atoms with van der Waals surface area (Å²) in [6.45, 7) is 0. The maximum absolute atomic E-state index is 13.0. The molecule has 1 fully saturated rings. The number of carboxylic acid groups (broad SMARTS) is 1. The second-order valence-corrected chi connectivity index (χ2v) is 4.68. The Labute approximate surface area is 106 Å². The highest BCUT2D eigenvalue weighted by Crippen LogP contribution is 2.26. The van der Waals surface area contributed by atoms with Crippen LogP contribution < -0.4 is 4.74 Å². The number of benzene rings is 1. The third-order valence-corrected chi connectivity index (χ3v) is 3.27. The zero-order valence-corrected chi connectivity index (χ0v) is 10.2. The van der Waals surface area contributed by atoms with Crippen molar-refractivity contribution in [2.75, 3.05) is 0 Å². The van der Waals surface area contributed by atoms with E-state index in [-0.39, 0.29) is 17.4 Å². The quantitative estimate of drug-likeness (QED) is 0.836. The molecule has 1 saturated carbocycles. The molecule has 1 aromatic carbocycles. The zero-order valence-electron chi connectivity index (χ0n) is 10.2. The van der Waals surface area contributed by atoms with Gasteiger partial charge in [0.25, 0.3) is 0 Å². The first-order valence-electron chi connectivity index (χ1n) is 6.36. The molecule has 0 saturated heterocycles. The molecule has 0 atom stereocenters. The lowest BCUT2D eigenvalue weighted by Crippen LogP contribution is -2.17. The molecule has 0 spiro atoms. The van der Waals surface area contributed by atoms with Crippen LogP contribution in [0.5, 0.6) is 5.75 Å². The van der Waals surface area contributed by atoms with E-state index in [1.54, 1.807) is 0 Å². The largest absolute Gasteiger partial charge is 0.490 e. The summed E-state index contributed by atoms with van der Waals surface area (Å²) in [5.41, 5.74) is -0.0979. The fourth-order valence-corrected chi connectivity index (χ4v) is 2.31. The molecule has 0 heterocycles. The van der Waals surface area contributed by atoms with Crippen molar-refractivity contribution in [3.63, 3.8) is 0 Å². The molecule has 4 heteroatoms. The molecule has 0 amide bonds. The van der Waals surface area contributed by atoms with Crippen molar-refractivity contribution in [3.05, 3.63) is 29.6 Å². The molecule has 98 valence electrons. The number of carbonyl (C=O) groups is 1. The summed E-state index contributed by atoms with van der Waals surface area (Å²) < 4.78 is 18.8. The van der Waals surface area contributed by atoms with Crippen LogP contribution in [0.1, 0.15) is 48.9 Å². The van der Waals surface area contributed by atoms with Gasteiger partial charge in [0, 0.05) is 0 Å². The molecule has 0 bridgehead atoms. The molecule has 0 unspecified atom stereocenters. The van der Waals surface area contributed by atoms with Crippen molar-refractivity contribution in [2.24, 2.45) is 0 Å². The van der Waals surface area contributed by atoms with Crippen molar-refractivity contribution in [2.45, 2.75) is 44.6 Å². The van der Waals surface area contributed by atoms with Gasteiger partial charge in [-0.15, -0.1) is 0 Å². The maximum Gasteiger partial charge on any atom is 0.339 e. The number of hydrogen-bond donors (Lipinski definition) is 1. The van der Waals surface area contributed by atoms with E-state index in [2.05, 4.69) is 0 Å². The van der Waals surface area contributed by atoms with E-state index in [0.29, 0.717) is 0 Å². The number of halogens is 1. The third kappa shape index (κ3) is 3.22. The van der Waals surface area contributed by atoms with Crippen molar-refractivity contribution in [3.8, 4) is 5.75 Å². The molecular formula is C14H17FO3. The van der Waals surface area contributed by atoms with Gasteiger partial charge in [0.1, 0.15) is 17.1 Å². The van der Waals surface area contributed by atoms with Gasteiger partial charge in [-0.1, -0.05) is 12.8 Å². The van der Waals surface area contributed by atoms with Gasteiger partial charge in [-0.2, -0.15) is 0 Å². The van der Waals surface area contributed by atoms with Crippen molar-refractivity contribution in [1.82, 2.24) is 0 Å². The van der Waals surface area contributed by atoms with E-state index < -0.39 is 11.8 Å². The Morgan fingerprint density at radius 1 is 1.22 bits per heavy atom. The molecule has 1 aromatic rings. The van der Waals surface area contributed by atoms with Gasteiger partial charge in [-0.3, -0.25) is 0 Å². The number of aromatic carboxylic acids is 1. The second-order valence-electron chi connectivity index (χ2n) is 4.68. The number of hydrogen-bond acceptors (Lipinski definition) is 2. The molecular weight excluding hydrogens is 235 g/mol. The highest BCUT2D eigenvalue weighted by molar-refractivity contribution is 5.90. The predicted molar refractivity (Wildman–Crippen MR) is 65.5 cm³/mol. The minimum absolute atomic E-state index is 0.0519. The SMILES string of the molecule is O=C(O)c1cc(F)ccc1OC1CCCCCC1. The van der Waals surface area contributed by atoms with E-state index in [0.717, 1.165) is 31.7 Å². The van der Waals surface area contributed by atoms with Crippen LogP contribution in [-0.2, 0) is 0 Å². The van der Waals surface area contributed by atoms with E-state index in [9.17, 15) is 9.18 Å². The van der Waals surface area contributed by atoms with Crippen LogP contribution >= 0.6 is 0 Å². The molecule has 2 rings (SSSR count). The zero-order chi connectivity index (χ0) is 13.0. The molecule has 1 aliphatic carbocycles. The highest BCUT2D eigenvalue weighted by atomic mass is 19.1. The van der Waals surface area contributed by atoms with Gasteiger partial charge < -0.3 is 9.84 Å². The summed E-state index contributed by atoms with van der Waals surface area (Å²) in [5, 5.41) is 9.03. The Morgan fingerprint density at radius 3 is 2.50 bits per heavy atom. The third-order valence-electron chi connectivity index (χ3n) is 3.27. The average molecular weight is 252 g/mol. The van der Waals surface area contributed by atoms with Gasteiger partial charge in [0.05, 0.1) is 6.10 Å². The van der Waals surface area contributed by atoms with E-state index in [1.165, 1.54) is 25.0 Å². The number of carboxylic acids is 1. The van der Waals surface area contributed by atoms with E-state index in [1.807, 2.05) is 0 Å². The van der Waals surface area contributed by atoms with Crippen LogP contribution in [0.2, 0.25) is 0 Å². The monoisotopic (exact) mass is 252 g/mol. The van der Waals surface area contributed by atoms with Gasteiger partial charge in [0.2, 0.25) is 0 Å². The van der Waals surface area contributed by atoms with Crippen LogP contribution in [-0.4, -0.2) is 17.2 Å². The van der Waals surface area contributed by atoms with E-state index >= 15 is 0 Å². The number of ether oxygens (including phenoxy) is 1. The summed E-state index contributed by atoms with van der Waals surface area (Å²) in [4.78, 5) is 11.0. The Hall–Kier alpha value is -1.58. The lowest BCUT2D eigenvalue weighted by atomic mass is 10.1. The molecule has 0 aliphatic heterocycles. The molecule has 0 radical (unpaired) electrons. The molecule has 1 aliphatic rings. The first-order valence-corrected chi connectivity index (χ1v) is 6.36. The Balaban J connectivity index is 2.14. The topological polar surface area (TPSA) is 46.5 Å². The van der Waals surface area contributed by atoms with Crippen LogP contribution in [0.4, 0.5) is 4.39 Å². The lowest BCUT2D eigenvalue weighted by Gasteiger charge is -2.18. The fraction of sp³-hybridized carbons (Fsp3) is 0.500. The maximum atomic E-state index is 13.0. The summed E-state index contributed by atoms with van der Waals surface area (Å²) in [7, 11) is 0. The van der Waals surface area contributed by atoms with Crippen LogP contribution in [0.25, 0.3) is 0 Å². The summed E-state index contributed by atoms with van der Waals surface area (Å²) in [6, 6.07) is 3.65. The fourth-order valence-electron chi connectivity index (χ4n) is 2.31. The van der Waals surface area contributed by atoms with Gasteiger partial charge in [-0.05, 0) is 43.9 Å².